The summed E-state index contributed by atoms with van der Waals surface area (Å²) >= 11 is 0. The van der Waals surface area contributed by atoms with Gasteiger partial charge in [-0.1, -0.05) is 0 Å². The Hall–Kier alpha value is -2.18. The Kier molecular flexibility index (Phi) is 4.55. The zero-order valence-corrected chi connectivity index (χ0v) is 14.4. The molecule has 2 aromatic heterocycles. The maximum Gasteiger partial charge on any atom is 0.230 e. The number of fused-ring (bicyclic) bond motifs is 1. The van der Waals surface area contributed by atoms with Crippen LogP contribution in [0.5, 0.6) is 0 Å². The van der Waals surface area contributed by atoms with Crippen LogP contribution in [-0.4, -0.2) is 42.1 Å². The first-order chi connectivity index (χ1) is 12.2. The molecule has 4 rings (SSSR count). The van der Waals surface area contributed by atoms with Crippen LogP contribution in [0, 0.1) is 24.7 Å². The predicted octanol–water partition coefficient (Wildman–Crippen LogP) is 2.32. The molecular weight excluding hydrogens is 318 g/mol. The van der Waals surface area contributed by atoms with Crippen LogP contribution in [-0.2, 0) is 16.1 Å². The van der Waals surface area contributed by atoms with Crippen LogP contribution in [0.25, 0.3) is 0 Å². The molecule has 0 bridgehead atoms. The Balaban J connectivity index is 1.43. The molecule has 2 aliphatic rings. The number of anilines is 1. The molecular formula is C19H23N3O3. The van der Waals surface area contributed by atoms with Crippen molar-refractivity contribution in [3.8, 4) is 0 Å². The monoisotopic (exact) mass is 341 g/mol. The standard InChI is InChI=1S/C19H23N3O3/c1-13-18(5-2-6-20-13)21-19(23)17-12-24-11-14-8-22(10-16(14)17)9-15-4-3-7-25-15/h2-7,14,16-17H,8-12H2,1H3,(H,21,23)/t14-,16-,17+/m0/s1. The minimum absolute atomic E-state index is 0.0330. The van der Waals surface area contributed by atoms with E-state index in [9.17, 15) is 4.79 Å². The van der Waals surface area contributed by atoms with Crippen LogP contribution in [0.1, 0.15) is 11.5 Å². The molecule has 2 aliphatic heterocycles. The lowest BCUT2D eigenvalue weighted by atomic mass is 9.82. The average molecular weight is 341 g/mol. The Morgan fingerprint density at radius 3 is 3.04 bits per heavy atom. The molecule has 2 aromatic rings. The lowest BCUT2D eigenvalue weighted by Gasteiger charge is -2.32. The Labute approximate surface area is 147 Å². The van der Waals surface area contributed by atoms with Gasteiger partial charge in [-0.2, -0.15) is 0 Å². The fraction of sp³-hybridized carbons (Fsp3) is 0.474. The molecule has 6 heteroatoms. The molecule has 0 aliphatic carbocycles. The normalized spacial score (nSPS) is 26.4. The highest BCUT2D eigenvalue weighted by Crippen LogP contribution is 2.35. The van der Waals surface area contributed by atoms with Crippen molar-refractivity contribution in [1.82, 2.24) is 9.88 Å². The third kappa shape index (κ3) is 3.45. The van der Waals surface area contributed by atoms with E-state index >= 15 is 0 Å². The van der Waals surface area contributed by atoms with Gasteiger partial charge in [-0.25, -0.2) is 0 Å². The Morgan fingerprint density at radius 2 is 2.24 bits per heavy atom. The summed E-state index contributed by atoms with van der Waals surface area (Å²) in [5.74, 6) is 1.59. The molecule has 1 amide bonds. The summed E-state index contributed by atoms with van der Waals surface area (Å²) in [7, 11) is 0. The predicted molar refractivity (Wildman–Crippen MR) is 92.9 cm³/mol. The summed E-state index contributed by atoms with van der Waals surface area (Å²) in [5.41, 5.74) is 1.61. The van der Waals surface area contributed by atoms with Crippen molar-refractivity contribution in [2.75, 3.05) is 31.6 Å². The van der Waals surface area contributed by atoms with Crippen molar-refractivity contribution in [3.05, 3.63) is 48.2 Å². The Morgan fingerprint density at radius 1 is 1.32 bits per heavy atom. The average Bonchev–Trinajstić information content (AvgIpc) is 3.25. The second-order valence-corrected chi connectivity index (χ2v) is 6.97. The van der Waals surface area contributed by atoms with E-state index in [0.717, 1.165) is 43.4 Å². The van der Waals surface area contributed by atoms with Gasteiger partial charge in [0.15, 0.2) is 0 Å². The summed E-state index contributed by atoms with van der Waals surface area (Å²) in [5, 5.41) is 3.03. The Bertz CT molecular complexity index is 731. The molecule has 2 fully saturated rings. The molecule has 3 atom stereocenters. The number of carbonyl (C=O) groups is 1. The first-order valence-corrected chi connectivity index (χ1v) is 8.75. The van der Waals surface area contributed by atoms with Gasteiger partial charge in [-0.3, -0.25) is 14.7 Å². The molecule has 0 aromatic carbocycles. The smallest absolute Gasteiger partial charge is 0.230 e. The third-order valence-electron chi connectivity index (χ3n) is 5.27. The number of pyridine rings is 1. The number of hydrogen-bond donors (Lipinski definition) is 1. The van der Waals surface area contributed by atoms with Gasteiger partial charge in [-0.15, -0.1) is 0 Å². The van der Waals surface area contributed by atoms with E-state index < -0.39 is 0 Å². The summed E-state index contributed by atoms with van der Waals surface area (Å²) in [6, 6.07) is 7.63. The molecule has 0 radical (unpaired) electrons. The van der Waals surface area contributed by atoms with Gasteiger partial charge in [0.25, 0.3) is 0 Å². The van der Waals surface area contributed by atoms with Crippen LogP contribution in [0.15, 0.2) is 41.1 Å². The summed E-state index contributed by atoms with van der Waals surface area (Å²) < 4.78 is 11.2. The quantitative estimate of drug-likeness (QED) is 0.924. The largest absolute Gasteiger partial charge is 0.468 e. The van der Waals surface area contributed by atoms with Gasteiger partial charge in [-0.05, 0) is 43.0 Å². The second-order valence-electron chi connectivity index (χ2n) is 6.97. The molecule has 132 valence electrons. The molecule has 2 saturated heterocycles. The molecule has 6 nitrogen and oxygen atoms in total. The van der Waals surface area contributed by atoms with E-state index in [0.29, 0.717) is 18.4 Å². The SMILES string of the molecule is Cc1ncccc1NC(=O)[C@@H]1COC[C@@H]2CN(Cc3ccco3)C[C@@H]21. The molecule has 0 spiro atoms. The van der Waals surface area contributed by atoms with Crippen molar-refractivity contribution in [3.63, 3.8) is 0 Å². The van der Waals surface area contributed by atoms with Gasteiger partial charge >= 0.3 is 0 Å². The lowest BCUT2D eigenvalue weighted by molar-refractivity contribution is -0.128. The molecule has 25 heavy (non-hydrogen) atoms. The van der Waals surface area contributed by atoms with Gasteiger partial charge in [0, 0.05) is 19.3 Å². The van der Waals surface area contributed by atoms with Crippen molar-refractivity contribution >= 4 is 11.6 Å². The zero-order valence-electron chi connectivity index (χ0n) is 14.4. The topological polar surface area (TPSA) is 67.6 Å². The van der Waals surface area contributed by atoms with Crippen LogP contribution in [0.3, 0.4) is 0 Å². The fourth-order valence-corrected chi connectivity index (χ4v) is 3.95. The van der Waals surface area contributed by atoms with Crippen LogP contribution in [0.2, 0.25) is 0 Å². The highest BCUT2D eigenvalue weighted by Gasteiger charge is 2.44. The van der Waals surface area contributed by atoms with Gasteiger partial charge in [0.05, 0.1) is 43.3 Å². The first-order valence-electron chi connectivity index (χ1n) is 8.75. The van der Waals surface area contributed by atoms with E-state index in [1.54, 1.807) is 12.5 Å². The number of aryl methyl sites for hydroxylation is 1. The fourth-order valence-electron chi connectivity index (χ4n) is 3.95. The summed E-state index contributed by atoms with van der Waals surface area (Å²) in [6.07, 6.45) is 3.43. The van der Waals surface area contributed by atoms with Crippen molar-refractivity contribution in [2.24, 2.45) is 17.8 Å². The maximum atomic E-state index is 12.8. The van der Waals surface area contributed by atoms with Gasteiger partial charge in [0.1, 0.15) is 5.76 Å². The van der Waals surface area contributed by atoms with Crippen LogP contribution in [0.4, 0.5) is 5.69 Å². The number of amides is 1. The number of hydrogen-bond acceptors (Lipinski definition) is 5. The zero-order chi connectivity index (χ0) is 17.2. The highest BCUT2D eigenvalue weighted by atomic mass is 16.5. The number of nitrogens with zero attached hydrogens (tertiary/aromatic N) is 2. The van der Waals surface area contributed by atoms with E-state index in [1.165, 1.54) is 0 Å². The number of likely N-dealkylation sites (tertiary alicyclic amines) is 1. The second kappa shape index (κ2) is 6.98. The number of ether oxygens (including phenoxy) is 1. The molecule has 1 N–H and O–H groups in total. The number of furan rings is 1. The molecule has 0 saturated carbocycles. The first kappa shape index (κ1) is 16.3. The number of carbonyl (C=O) groups excluding carboxylic acids is 1. The molecule has 4 heterocycles. The van der Waals surface area contributed by atoms with E-state index in [2.05, 4.69) is 15.2 Å². The van der Waals surface area contributed by atoms with Crippen molar-refractivity contribution < 1.29 is 13.9 Å². The van der Waals surface area contributed by atoms with E-state index in [1.807, 2.05) is 31.2 Å². The third-order valence-corrected chi connectivity index (χ3v) is 5.27. The minimum Gasteiger partial charge on any atom is -0.468 e. The van der Waals surface area contributed by atoms with Crippen molar-refractivity contribution in [2.45, 2.75) is 13.5 Å². The number of aromatic nitrogens is 1. The van der Waals surface area contributed by atoms with Crippen molar-refractivity contribution in [1.29, 1.82) is 0 Å². The van der Waals surface area contributed by atoms with E-state index in [4.69, 9.17) is 9.15 Å². The lowest BCUT2D eigenvalue weighted by Crippen LogP contribution is -2.42. The minimum atomic E-state index is -0.125. The summed E-state index contributed by atoms with van der Waals surface area (Å²) in [6.45, 7) is 5.75. The van der Waals surface area contributed by atoms with Crippen LogP contribution >= 0.6 is 0 Å². The van der Waals surface area contributed by atoms with Gasteiger partial charge in [0.2, 0.25) is 5.91 Å². The number of rotatable bonds is 4. The highest BCUT2D eigenvalue weighted by molar-refractivity contribution is 5.93. The van der Waals surface area contributed by atoms with E-state index in [-0.39, 0.29) is 11.8 Å². The molecule has 0 unspecified atom stereocenters. The maximum absolute atomic E-state index is 12.8. The summed E-state index contributed by atoms with van der Waals surface area (Å²) in [4.78, 5) is 19.4. The van der Waals surface area contributed by atoms with Crippen LogP contribution < -0.4 is 5.32 Å². The number of nitrogens with one attached hydrogen (secondary N) is 1. The van der Waals surface area contributed by atoms with Gasteiger partial charge < -0.3 is 14.5 Å².